The maximum absolute atomic E-state index is 11.7. The molecule has 1 amide bonds. The zero-order valence-corrected chi connectivity index (χ0v) is 11.4. The van der Waals surface area contributed by atoms with Crippen molar-refractivity contribution in [2.75, 3.05) is 31.2 Å². The summed E-state index contributed by atoms with van der Waals surface area (Å²) in [5, 5.41) is 2.99. The lowest BCUT2D eigenvalue weighted by molar-refractivity contribution is -0.123. The number of carbonyl (C=O) groups is 1. The third kappa shape index (κ3) is 6.29. The van der Waals surface area contributed by atoms with Crippen LogP contribution < -0.4 is 11.1 Å². The second-order valence-electron chi connectivity index (χ2n) is 4.38. The second kappa shape index (κ2) is 8.78. The number of nitrogens with one attached hydrogen (secondary N) is 1. The molecule has 4 nitrogen and oxygen atoms in total. The molecule has 1 fully saturated rings. The van der Waals surface area contributed by atoms with E-state index in [0.29, 0.717) is 25.5 Å². The summed E-state index contributed by atoms with van der Waals surface area (Å²) in [5.74, 6) is 3.17. The van der Waals surface area contributed by atoms with Crippen molar-refractivity contribution in [3.63, 3.8) is 0 Å². The first-order chi connectivity index (χ1) is 8.26. The monoisotopic (exact) mass is 260 g/mol. The maximum atomic E-state index is 11.7. The predicted octanol–water partition coefficient (Wildman–Crippen LogP) is 1.000. The Labute approximate surface area is 108 Å². The van der Waals surface area contributed by atoms with Gasteiger partial charge in [0.05, 0.1) is 12.5 Å². The van der Waals surface area contributed by atoms with Crippen LogP contribution in [0.25, 0.3) is 0 Å². The van der Waals surface area contributed by atoms with Gasteiger partial charge in [0.2, 0.25) is 5.91 Å². The normalized spacial score (nSPS) is 18.9. The molecule has 0 aromatic heterocycles. The van der Waals surface area contributed by atoms with Crippen LogP contribution in [0.4, 0.5) is 0 Å². The molecule has 100 valence electrons. The van der Waals surface area contributed by atoms with E-state index >= 15 is 0 Å². The Bertz CT molecular complexity index is 221. The van der Waals surface area contributed by atoms with Crippen LogP contribution in [0.5, 0.6) is 0 Å². The van der Waals surface area contributed by atoms with Gasteiger partial charge in [0.1, 0.15) is 0 Å². The highest BCUT2D eigenvalue weighted by atomic mass is 32.2. The largest absolute Gasteiger partial charge is 0.377 e. The van der Waals surface area contributed by atoms with Crippen LogP contribution in [0.15, 0.2) is 0 Å². The molecule has 0 bridgehead atoms. The molecule has 0 saturated carbocycles. The Morgan fingerprint density at radius 2 is 2.24 bits per heavy atom. The van der Waals surface area contributed by atoms with E-state index in [0.717, 1.165) is 6.54 Å². The van der Waals surface area contributed by atoms with Gasteiger partial charge in [0.25, 0.3) is 0 Å². The minimum atomic E-state index is -0.137. The van der Waals surface area contributed by atoms with Crippen molar-refractivity contribution in [1.82, 2.24) is 5.32 Å². The molecule has 1 aliphatic heterocycles. The number of amides is 1. The molecule has 1 saturated heterocycles. The van der Waals surface area contributed by atoms with Gasteiger partial charge in [-0.15, -0.1) is 0 Å². The summed E-state index contributed by atoms with van der Waals surface area (Å²) >= 11 is 2.00. The topological polar surface area (TPSA) is 64.3 Å². The standard InChI is InChI=1S/C12H24N2O2S/c1-2-16-11(8-13)7-12(15)14-9-10-3-5-17-6-4-10/h10-11H,2-9,13H2,1H3,(H,14,15). The summed E-state index contributed by atoms with van der Waals surface area (Å²) in [6.45, 7) is 3.74. The first kappa shape index (κ1) is 14.8. The van der Waals surface area contributed by atoms with E-state index in [1.54, 1.807) is 0 Å². The number of rotatable bonds is 7. The van der Waals surface area contributed by atoms with Crippen molar-refractivity contribution in [2.24, 2.45) is 11.7 Å². The van der Waals surface area contributed by atoms with Gasteiger partial charge in [-0.2, -0.15) is 11.8 Å². The van der Waals surface area contributed by atoms with E-state index in [2.05, 4.69) is 5.32 Å². The van der Waals surface area contributed by atoms with E-state index in [1.807, 2.05) is 18.7 Å². The third-order valence-electron chi connectivity index (χ3n) is 3.01. The molecule has 1 heterocycles. The average Bonchev–Trinajstić information content (AvgIpc) is 2.37. The lowest BCUT2D eigenvalue weighted by Crippen LogP contribution is -2.35. The van der Waals surface area contributed by atoms with E-state index in [-0.39, 0.29) is 12.0 Å². The molecule has 0 spiro atoms. The number of ether oxygens (including phenoxy) is 1. The molecule has 0 aliphatic carbocycles. The van der Waals surface area contributed by atoms with E-state index < -0.39 is 0 Å². The quantitative estimate of drug-likeness (QED) is 0.717. The molecular weight excluding hydrogens is 236 g/mol. The second-order valence-corrected chi connectivity index (χ2v) is 5.60. The summed E-state index contributed by atoms with van der Waals surface area (Å²) in [6.07, 6.45) is 2.68. The average molecular weight is 260 g/mol. The highest BCUT2D eigenvalue weighted by molar-refractivity contribution is 7.99. The number of hydrogen-bond donors (Lipinski definition) is 2. The predicted molar refractivity (Wildman–Crippen MR) is 72.1 cm³/mol. The Morgan fingerprint density at radius 3 is 2.82 bits per heavy atom. The number of carbonyl (C=O) groups excluding carboxylic acids is 1. The van der Waals surface area contributed by atoms with Crippen LogP contribution in [0.1, 0.15) is 26.2 Å². The molecule has 0 aromatic rings. The Morgan fingerprint density at radius 1 is 1.53 bits per heavy atom. The fraction of sp³-hybridized carbons (Fsp3) is 0.917. The van der Waals surface area contributed by atoms with Crippen LogP contribution in [0.3, 0.4) is 0 Å². The molecule has 0 radical (unpaired) electrons. The van der Waals surface area contributed by atoms with Gasteiger partial charge >= 0.3 is 0 Å². The zero-order valence-electron chi connectivity index (χ0n) is 10.6. The van der Waals surface area contributed by atoms with Crippen LogP contribution in [0, 0.1) is 5.92 Å². The smallest absolute Gasteiger partial charge is 0.222 e. The summed E-state index contributed by atoms with van der Waals surface area (Å²) in [5.41, 5.74) is 5.54. The summed E-state index contributed by atoms with van der Waals surface area (Å²) in [6, 6.07) is 0. The lowest BCUT2D eigenvalue weighted by atomic mass is 10.0. The zero-order chi connectivity index (χ0) is 12.5. The Hall–Kier alpha value is -0.260. The fourth-order valence-electron chi connectivity index (χ4n) is 1.93. The van der Waals surface area contributed by atoms with Crippen molar-refractivity contribution in [1.29, 1.82) is 0 Å². The Balaban J connectivity index is 2.14. The summed E-state index contributed by atoms with van der Waals surface area (Å²) in [4.78, 5) is 11.7. The van der Waals surface area contributed by atoms with Crippen LogP contribution in [-0.2, 0) is 9.53 Å². The van der Waals surface area contributed by atoms with Crippen molar-refractivity contribution < 1.29 is 9.53 Å². The minimum absolute atomic E-state index is 0.0622. The van der Waals surface area contributed by atoms with Crippen molar-refractivity contribution in [2.45, 2.75) is 32.3 Å². The molecule has 1 aliphatic rings. The SMILES string of the molecule is CCOC(CN)CC(=O)NCC1CCSCC1. The third-order valence-corrected chi connectivity index (χ3v) is 4.06. The van der Waals surface area contributed by atoms with Gasteiger partial charge in [0.15, 0.2) is 0 Å². The molecule has 17 heavy (non-hydrogen) atoms. The first-order valence-electron chi connectivity index (χ1n) is 6.42. The van der Waals surface area contributed by atoms with Gasteiger partial charge in [-0.3, -0.25) is 4.79 Å². The summed E-state index contributed by atoms with van der Waals surface area (Å²) in [7, 11) is 0. The van der Waals surface area contributed by atoms with E-state index in [9.17, 15) is 4.79 Å². The highest BCUT2D eigenvalue weighted by Gasteiger charge is 2.16. The number of thioether (sulfide) groups is 1. The summed E-state index contributed by atoms with van der Waals surface area (Å²) < 4.78 is 5.36. The minimum Gasteiger partial charge on any atom is -0.377 e. The van der Waals surface area contributed by atoms with Gasteiger partial charge < -0.3 is 15.8 Å². The van der Waals surface area contributed by atoms with Crippen LogP contribution in [0.2, 0.25) is 0 Å². The highest BCUT2D eigenvalue weighted by Crippen LogP contribution is 2.21. The number of nitrogens with two attached hydrogens (primary N) is 1. The molecule has 1 rings (SSSR count). The van der Waals surface area contributed by atoms with Crippen LogP contribution in [-0.4, -0.2) is 43.2 Å². The molecule has 5 heteroatoms. The van der Waals surface area contributed by atoms with E-state index in [1.165, 1.54) is 24.3 Å². The number of hydrogen-bond acceptors (Lipinski definition) is 4. The molecule has 3 N–H and O–H groups in total. The van der Waals surface area contributed by atoms with Crippen molar-refractivity contribution in [3.8, 4) is 0 Å². The lowest BCUT2D eigenvalue weighted by Gasteiger charge is -2.22. The molecule has 0 aromatic carbocycles. The maximum Gasteiger partial charge on any atom is 0.222 e. The van der Waals surface area contributed by atoms with Gasteiger partial charge in [0, 0.05) is 19.7 Å². The first-order valence-corrected chi connectivity index (χ1v) is 7.57. The molecular formula is C12H24N2O2S. The van der Waals surface area contributed by atoms with E-state index in [4.69, 9.17) is 10.5 Å². The van der Waals surface area contributed by atoms with Gasteiger partial charge in [-0.1, -0.05) is 0 Å². The van der Waals surface area contributed by atoms with Crippen LogP contribution >= 0.6 is 11.8 Å². The van der Waals surface area contributed by atoms with Crippen molar-refractivity contribution >= 4 is 17.7 Å². The van der Waals surface area contributed by atoms with Gasteiger partial charge in [-0.25, -0.2) is 0 Å². The Kier molecular flexibility index (Phi) is 7.64. The molecule has 1 atom stereocenters. The van der Waals surface area contributed by atoms with Crippen molar-refractivity contribution in [3.05, 3.63) is 0 Å². The van der Waals surface area contributed by atoms with Gasteiger partial charge in [-0.05, 0) is 37.2 Å². The molecule has 1 unspecified atom stereocenters. The fourth-order valence-corrected chi connectivity index (χ4v) is 3.14.